The van der Waals surface area contributed by atoms with E-state index in [1.807, 2.05) is 26.8 Å². The average molecular weight is 412 g/mol. The third-order valence-electron chi connectivity index (χ3n) is 4.66. The minimum atomic E-state index is -3.74. The maximum Gasteiger partial charge on any atom is 0.252 e. The lowest BCUT2D eigenvalue weighted by Gasteiger charge is -2.20. The Labute approximate surface area is 174 Å². The number of hydrogen-bond acceptors (Lipinski definition) is 3. The number of nitrogens with one attached hydrogen (secondary N) is 1. The summed E-state index contributed by atoms with van der Waals surface area (Å²) in [6.45, 7) is 9.78. The van der Waals surface area contributed by atoms with E-state index in [2.05, 4.69) is 18.0 Å². The maximum absolute atomic E-state index is 13.3. The van der Waals surface area contributed by atoms with Crippen molar-refractivity contribution >= 4 is 21.4 Å². The smallest absolute Gasteiger partial charge is 0.252 e. The Bertz CT molecular complexity index is 971. The first kappa shape index (κ1) is 22.6. The zero-order valence-electron chi connectivity index (χ0n) is 17.3. The lowest BCUT2D eigenvalue weighted by atomic mass is 10.1. The molecule has 0 heterocycles. The Morgan fingerprint density at radius 3 is 2.28 bits per heavy atom. The van der Waals surface area contributed by atoms with E-state index in [-0.39, 0.29) is 10.5 Å². The SMILES string of the molecule is C=C(C(=O)Nc1ccccc1)C(CCCC=C(C)C)S(=O)(=O)c1ccc(C)cc1. The number of sulfone groups is 1. The predicted molar refractivity (Wildman–Crippen MR) is 120 cm³/mol. The molecular formula is C24H29NO3S. The number of allylic oxidation sites excluding steroid dienone is 2. The van der Waals surface area contributed by atoms with E-state index in [1.54, 1.807) is 48.5 Å². The fraction of sp³-hybridized carbons (Fsp3) is 0.292. The predicted octanol–water partition coefficient (Wildman–Crippen LogP) is 5.47. The molecule has 0 radical (unpaired) electrons. The summed E-state index contributed by atoms with van der Waals surface area (Å²) >= 11 is 0. The largest absolute Gasteiger partial charge is 0.322 e. The number of aryl methyl sites for hydroxylation is 1. The lowest BCUT2D eigenvalue weighted by molar-refractivity contribution is -0.112. The number of rotatable bonds is 9. The van der Waals surface area contributed by atoms with Crippen LogP contribution >= 0.6 is 0 Å². The summed E-state index contributed by atoms with van der Waals surface area (Å²) in [5.41, 5.74) is 2.83. The summed E-state index contributed by atoms with van der Waals surface area (Å²) in [5.74, 6) is -0.473. The van der Waals surface area contributed by atoms with Crippen LogP contribution in [-0.2, 0) is 14.6 Å². The van der Waals surface area contributed by atoms with E-state index in [0.29, 0.717) is 18.5 Å². The fourth-order valence-corrected chi connectivity index (χ4v) is 4.78. The highest BCUT2D eigenvalue weighted by Gasteiger charge is 2.32. The van der Waals surface area contributed by atoms with E-state index in [4.69, 9.17) is 0 Å². The molecule has 0 saturated heterocycles. The van der Waals surface area contributed by atoms with Crippen LogP contribution in [0.4, 0.5) is 5.69 Å². The molecule has 1 unspecified atom stereocenters. The van der Waals surface area contributed by atoms with Crippen LogP contribution in [0.25, 0.3) is 0 Å². The Hall–Kier alpha value is -2.66. The van der Waals surface area contributed by atoms with Gasteiger partial charge < -0.3 is 5.32 Å². The molecule has 0 aromatic heterocycles. The van der Waals surface area contributed by atoms with Gasteiger partial charge in [-0.1, -0.05) is 54.1 Å². The monoisotopic (exact) mass is 411 g/mol. The van der Waals surface area contributed by atoms with Crippen molar-refractivity contribution in [2.24, 2.45) is 0 Å². The first-order chi connectivity index (χ1) is 13.7. The second kappa shape index (κ2) is 10.2. The summed E-state index contributed by atoms with van der Waals surface area (Å²) in [6, 6.07) is 15.7. The van der Waals surface area contributed by atoms with Crippen LogP contribution in [0.15, 0.2) is 83.3 Å². The topological polar surface area (TPSA) is 63.2 Å². The van der Waals surface area contributed by atoms with E-state index in [1.165, 1.54) is 5.57 Å². The third-order valence-corrected chi connectivity index (χ3v) is 6.86. The van der Waals surface area contributed by atoms with Gasteiger partial charge in [0.25, 0.3) is 5.91 Å². The molecule has 0 spiro atoms. The molecule has 5 heteroatoms. The van der Waals surface area contributed by atoms with Crippen molar-refractivity contribution in [2.45, 2.75) is 50.2 Å². The van der Waals surface area contributed by atoms with Crippen molar-refractivity contribution in [3.63, 3.8) is 0 Å². The number of hydrogen-bond donors (Lipinski definition) is 1. The Morgan fingerprint density at radius 2 is 1.69 bits per heavy atom. The van der Waals surface area contributed by atoms with E-state index in [9.17, 15) is 13.2 Å². The highest BCUT2D eigenvalue weighted by molar-refractivity contribution is 7.92. The molecule has 4 nitrogen and oxygen atoms in total. The van der Waals surface area contributed by atoms with Gasteiger partial charge in [0, 0.05) is 11.3 Å². The van der Waals surface area contributed by atoms with Crippen molar-refractivity contribution in [2.75, 3.05) is 5.32 Å². The van der Waals surface area contributed by atoms with Crippen LogP contribution in [0.2, 0.25) is 0 Å². The molecule has 0 fully saturated rings. The maximum atomic E-state index is 13.3. The summed E-state index contributed by atoms with van der Waals surface area (Å²) in [7, 11) is -3.74. The zero-order valence-corrected chi connectivity index (χ0v) is 18.1. The van der Waals surface area contributed by atoms with Gasteiger partial charge in [-0.2, -0.15) is 0 Å². The van der Waals surface area contributed by atoms with Crippen molar-refractivity contribution in [1.82, 2.24) is 0 Å². The number of carbonyl (C=O) groups excluding carboxylic acids is 1. The molecule has 0 saturated carbocycles. The molecule has 1 amide bonds. The number of anilines is 1. The average Bonchev–Trinajstić information content (AvgIpc) is 2.68. The van der Waals surface area contributed by atoms with Crippen molar-refractivity contribution in [3.05, 3.63) is 84.0 Å². The number of unbranched alkanes of at least 4 members (excludes halogenated alkanes) is 1. The van der Waals surface area contributed by atoms with Crippen molar-refractivity contribution < 1.29 is 13.2 Å². The summed E-state index contributed by atoms with van der Waals surface area (Å²) in [5, 5.41) is 1.78. The third kappa shape index (κ3) is 6.43. The lowest BCUT2D eigenvalue weighted by Crippen LogP contribution is -2.30. The second-order valence-electron chi connectivity index (χ2n) is 7.40. The molecule has 2 aromatic carbocycles. The Balaban J connectivity index is 2.27. The van der Waals surface area contributed by atoms with Crippen LogP contribution in [0.3, 0.4) is 0 Å². The molecule has 0 bridgehead atoms. The summed E-state index contributed by atoms with van der Waals surface area (Å²) in [6.07, 6.45) is 3.82. The molecule has 0 aliphatic rings. The van der Waals surface area contributed by atoms with Crippen molar-refractivity contribution in [3.8, 4) is 0 Å². The van der Waals surface area contributed by atoms with Gasteiger partial charge in [0.15, 0.2) is 9.84 Å². The minimum absolute atomic E-state index is 0.0617. The van der Waals surface area contributed by atoms with Crippen LogP contribution in [0, 0.1) is 6.92 Å². The zero-order chi connectivity index (χ0) is 21.4. The summed E-state index contributed by atoms with van der Waals surface area (Å²) < 4.78 is 26.6. The number of amides is 1. The first-order valence-electron chi connectivity index (χ1n) is 9.71. The molecule has 0 aliphatic carbocycles. The van der Waals surface area contributed by atoms with E-state index in [0.717, 1.165) is 12.0 Å². The highest BCUT2D eigenvalue weighted by Crippen LogP contribution is 2.26. The normalized spacial score (nSPS) is 12.1. The van der Waals surface area contributed by atoms with Gasteiger partial charge in [0.05, 0.1) is 10.1 Å². The standard InChI is InChI=1S/C24H29NO3S/c1-18(2)10-8-9-13-23(29(27,28)22-16-14-19(3)15-17-22)20(4)24(26)25-21-11-6-5-7-12-21/h5-7,10-12,14-17,23H,4,8-9,13H2,1-3H3,(H,25,26). The molecule has 1 atom stereocenters. The van der Waals surface area contributed by atoms with Gasteiger partial charge in [-0.3, -0.25) is 4.79 Å². The molecular weight excluding hydrogens is 382 g/mol. The Kier molecular flexibility index (Phi) is 7.97. The number of benzene rings is 2. The quantitative estimate of drug-likeness (QED) is 0.338. The van der Waals surface area contributed by atoms with Crippen LogP contribution < -0.4 is 5.32 Å². The van der Waals surface area contributed by atoms with Gasteiger partial charge >= 0.3 is 0 Å². The van der Waals surface area contributed by atoms with Crippen LogP contribution in [0.1, 0.15) is 38.7 Å². The molecule has 1 N–H and O–H groups in total. The molecule has 0 aliphatic heterocycles. The number of carbonyl (C=O) groups is 1. The van der Waals surface area contributed by atoms with E-state index >= 15 is 0 Å². The molecule has 2 aromatic rings. The van der Waals surface area contributed by atoms with Crippen LogP contribution in [-0.4, -0.2) is 19.6 Å². The fourth-order valence-electron chi connectivity index (χ4n) is 2.98. The van der Waals surface area contributed by atoms with Gasteiger partial charge in [-0.15, -0.1) is 0 Å². The van der Waals surface area contributed by atoms with Gasteiger partial charge in [-0.25, -0.2) is 8.42 Å². The number of para-hydroxylation sites is 1. The van der Waals surface area contributed by atoms with Gasteiger partial charge in [0.2, 0.25) is 0 Å². The van der Waals surface area contributed by atoms with Crippen LogP contribution in [0.5, 0.6) is 0 Å². The molecule has 154 valence electrons. The van der Waals surface area contributed by atoms with E-state index < -0.39 is 21.0 Å². The molecule has 2 rings (SSSR count). The van der Waals surface area contributed by atoms with Gasteiger partial charge in [-0.05, 0) is 64.3 Å². The summed E-state index contributed by atoms with van der Waals surface area (Å²) in [4.78, 5) is 13.0. The minimum Gasteiger partial charge on any atom is -0.322 e. The highest BCUT2D eigenvalue weighted by atomic mass is 32.2. The van der Waals surface area contributed by atoms with Crippen molar-refractivity contribution in [1.29, 1.82) is 0 Å². The second-order valence-corrected chi connectivity index (χ2v) is 9.53. The molecule has 29 heavy (non-hydrogen) atoms. The Morgan fingerprint density at radius 1 is 1.07 bits per heavy atom. The van der Waals surface area contributed by atoms with Gasteiger partial charge in [0.1, 0.15) is 0 Å². The first-order valence-corrected chi connectivity index (χ1v) is 11.3.